The molecule has 2 heterocycles. The van der Waals surface area contributed by atoms with E-state index in [4.69, 9.17) is 19.7 Å². The number of nitrogens with zero attached hydrogens (tertiary/aromatic N) is 3. The average molecular weight is 494 g/mol. The number of H-pyrrole nitrogens is 1. The fraction of sp³-hybridized carbons (Fsp3) is 0.476. The Morgan fingerprint density at radius 3 is 2.79 bits per heavy atom. The van der Waals surface area contributed by atoms with Gasteiger partial charge in [0.25, 0.3) is 5.56 Å². The lowest BCUT2D eigenvalue weighted by Gasteiger charge is -2.27. The van der Waals surface area contributed by atoms with Gasteiger partial charge in [-0.3, -0.25) is 14.3 Å². The molecule has 3 rings (SSSR count). The molecule has 0 radical (unpaired) electrons. The first kappa shape index (κ1) is 25.9. The van der Waals surface area contributed by atoms with Crippen LogP contribution in [0.15, 0.2) is 41.5 Å². The van der Waals surface area contributed by atoms with E-state index in [1.165, 1.54) is 6.33 Å². The van der Waals surface area contributed by atoms with Crippen LogP contribution in [-0.2, 0) is 20.6 Å². The van der Waals surface area contributed by atoms with Crippen LogP contribution in [-0.4, -0.2) is 56.5 Å². The average Bonchev–Trinajstić information content (AvgIpc) is 3.20. The Morgan fingerprint density at radius 1 is 1.29 bits per heavy atom. The molecule has 0 spiro atoms. The van der Waals surface area contributed by atoms with E-state index in [9.17, 15) is 14.5 Å². The summed E-state index contributed by atoms with van der Waals surface area (Å²) in [5.74, 6) is 0.383. The molecular formula is C21H31N6O6P. The van der Waals surface area contributed by atoms with Crippen molar-refractivity contribution in [3.63, 3.8) is 0 Å². The molecule has 0 saturated heterocycles. The lowest BCUT2D eigenvalue weighted by atomic mass is 10.3. The number of aliphatic hydroxyl groups is 1. The normalized spacial score (nSPS) is 15.1. The van der Waals surface area contributed by atoms with Crippen LogP contribution in [0.25, 0.3) is 11.2 Å². The largest absolute Gasteiger partial charge is 0.431 e. The Hall–Kier alpha value is -2.76. The van der Waals surface area contributed by atoms with Crippen LogP contribution in [0, 0.1) is 0 Å². The summed E-state index contributed by atoms with van der Waals surface area (Å²) < 4.78 is 32.0. The summed E-state index contributed by atoms with van der Waals surface area (Å²) >= 11 is 0. The van der Waals surface area contributed by atoms with Crippen molar-refractivity contribution < 1.29 is 23.7 Å². The number of nitrogens with two attached hydrogens (primary N) is 1. The highest BCUT2D eigenvalue weighted by Crippen LogP contribution is 2.43. The Morgan fingerprint density at radius 2 is 2.06 bits per heavy atom. The fourth-order valence-corrected chi connectivity index (χ4v) is 4.85. The standard InChI is InChI=1S/C21H31N6O6P/c1-3-4-11-32-20(29)15(2)26-34(30,33-16-8-6-5-7-9-16)14-31-12-10-27-13-23-17-18(27)24-21(22)25-19(17)28/h5-9,13,15,20,29H,3-4,10-12,14H2,1-2H3,(H,26,30)(H3,22,24,25,28). The molecule has 0 aliphatic heterocycles. The highest BCUT2D eigenvalue weighted by Gasteiger charge is 2.30. The zero-order valence-corrected chi connectivity index (χ0v) is 20.1. The molecular weight excluding hydrogens is 463 g/mol. The van der Waals surface area contributed by atoms with Gasteiger partial charge in [-0.25, -0.2) is 10.1 Å². The van der Waals surface area contributed by atoms with Gasteiger partial charge in [0.1, 0.15) is 12.1 Å². The van der Waals surface area contributed by atoms with E-state index in [-0.39, 0.29) is 31.0 Å². The van der Waals surface area contributed by atoms with Crippen LogP contribution in [0.3, 0.4) is 0 Å². The summed E-state index contributed by atoms with van der Waals surface area (Å²) in [6, 6.07) is 8.02. The summed E-state index contributed by atoms with van der Waals surface area (Å²) in [6.45, 7) is 4.49. The second-order valence-electron chi connectivity index (χ2n) is 7.71. The Balaban J connectivity index is 1.63. The van der Waals surface area contributed by atoms with E-state index in [2.05, 4.69) is 20.0 Å². The highest BCUT2D eigenvalue weighted by atomic mass is 31.2. The number of anilines is 1. The van der Waals surface area contributed by atoms with E-state index in [1.807, 2.05) is 13.0 Å². The molecule has 3 atom stereocenters. The van der Waals surface area contributed by atoms with Gasteiger partial charge in [-0.1, -0.05) is 31.5 Å². The minimum Gasteiger partial charge on any atom is -0.431 e. The first-order valence-electron chi connectivity index (χ1n) is 11.0. The number of nitrogens with one attached hydrogen (secondary N) is 2. The van der Waals surface area contributed by atoms with Crippen molar-refractivity contribution >= 4 is 24.6 Å². The molecule has 0 bridgehead atoms. The van der Waals surface area contributed by atoms with Crippen molar-refractivity contribution in [1.29, 1.82) is 0 Å². The second kappa shape index (κ2) is 12.1. The number of benzene rings is 1. The maximum absolute atomic E-state index is 13.6. The summed E-state index contributed by atoms with van der Waals surface area (Å²) in [6.07, 6.45) is 1.77. The molecule has 1 aromatic carbocycles. The number of rotatable bonds is 14. The lowest BCUT2D eigenvalue weighted by Crippen LogP contribution is -2.39. The molecule has 2 aromatic heterocycles. The molecule has 5 N–H and O–H groups in total. The van der Waals surface area contributed by atoms with Crippen LogP contribution >= 0.6 is 7.52 Å². The smallest absolute Gasteiger partial charge is 0.342 e. The van der Waals surface area contributed by atoms with E-state index < -0.39 is 25.4 Å². The highest BCUT2D eigenvalue weighted by molar-refractivity contribution is 7.57. The molecule has 0 aliphatic carbocycles. The molecule has 12 nitrogen and oxygen atoms in total. The van der Waals surface area contributed by atoms with Crippen molar-refractivity contribution in [2.75, 3.05) is 25.3 Å². The first-order valence-corrected chi connectivity index (χ1v) is 12.8. The number of nitrogen functional groups attached to an aromatic ring is 1. The molecule has 0 aliphatic rings. The Bertz CT molecular complexity index is 1150. The van der Waals surface area contributed by atoms with Crippen LogP contribution in [0.2, 0.25) is 0 Å². The van der Waals surface area contributed by atoms with Crippen molar-refractivity contribution in [3.8, 4) is 5.75 Å². The van der Waals surface area contributed by atoms with Crippen LogP contribution in [0.1, 0.15) is 26.7 Å². The number of aromatic nitrogens is 4. The zero-order chi connectivity index (χ0) is 24.6. The number of unbranched alkanes of at least 4 members (excludes halogenated alkanes) is 1. The van der Waals surface area contributed by atoms with Crippen LogP contribution in [0.5, 0.6) is 5.75 Å². The zero-order valence-electron chi connectivity index (χ0n) is 19.2. The molecule has 13 heteroatoms. The maximum atomic E-state index is 13.6. The number of aromatic amines is 1. The molecule has 0 fully saturated rings. The molecule has 186 valence electrons. The summed E-state index contributed by atoms with van der Waals surface area (Å²) in [7, 11) is -3.59. The maximum Gasteiger partial charge on any atom is 0.342 e. The van der Waals surface area contributed by atoms with Gasteiger partial charge in [0, 0.05) is 13.2 Å². The van der Waals surface area contributed by atoms with Gasteiger partial charge < -0.3 is 29.4 Å². The summed E-state index contributed by atoms with van der Waals surface area (Å²) in [5.41, 5.74) is 5.68. The monoisotopic (exact) mass is 494 g/mol. The molecule has 3 unspecified atom stereocenters. The Labute approximate surface area is 197 Å². The predicted molar refractivity (Wildman–Crippen MR) is 128 cm³/mol. The predicted octanol–water partition coefficient (Wildman–Crippen LogP) is 2.06. The van der Waals surface area contributed by atoms with E-state index in [1.54, 1.807) is 35.8 Å². The fourth-order valence-electron chi connectivity index (χ4n) is 3.09. The number of fused-ring (bicyclic) bond motifs is 1. The number of ether oxygens (including phenoxy) is 2. The quantitative estimate of drug-likeness (QED) is 0.148. The Kier molecular flexibility index (Phi) is 9.20. The van der Waals surface area contributed by atoms with Crippen molar-refractivity contribution in [3.05, 3.63) is 47.0 Å². The van der Waals surface area contributed by atoms with Gasteiger partial charge in [-0.15, -0.1) is 0 Å². The molecule has 0 amide bonds. The number of aliphatic hydroxyl groups excluding tert-OH is 1. The summed E-state index contributed by atoms with van der Waals surface area (Å²) in [5, 5.41) is 13.1. The number of hydrogen-bond acceptors (Lipinski definition) is 9. The number of imidazole rings is 1. The van der Waals surface area contributed by atoms with Crippen LogP contribution in [0.4, 0.5) is 5.95 Å². The minimum absolute atomic E-state index is 0.0150. The summed E-state index contributed by atoms with van der Waals surface area (Å²) in [4.78, 5) is 22.5. The van der Waals surface area contributed by atoms with Crippen molar-refractivity contribution in [1.82, 2.24) is 24.6 Å². The van der Waals surface area contributed by atoms with E-state index in [0.29, 0.717) is 18.0 Å². The van der Waals surface area contributed by atoms with Gasteiger partial charge >= 0.3 is 7.52 Å². The minimum atomic E-state index is -3.59. The third kappa shape index (κ3) is 7.12. The molecule has 3 aromatic rings. The van der Waals surface area contributed by atoms with Crippen molar-refractivity contribution in [2.45, 2.75) is 45.6 Å². The second-order valence-corrected chi connectivity index (χ2v) is 9.75. The molecule has 34 heavy (non-hydrogen) atoms. The number of para-hydroxylation sites is 1. The molecule has 0 saturated carbocycles. The lowest BCUT2D eigenvalue weighted by molar-refractivity contribution is -0.114. The number of hydrogen-bond donors (Lipinski definition) is 4. The topological polar surface area (TPSA) is 167 Å². The van der Waals surface area contributed by atoms with E-state index in [0.717, 1.165) is 12.8 Å². The SMILES string of the molecule is CCCCOC(O)C(C)NP(=O)(COCCn1cnc2c(=O)[nH]c(N)nc21)Oc1ccccc1. The van der Waals surface area contributed by atoms with E-state index >= 15 is 0 Å². The van der Waals surface area contributed by atoms with Gasteiger partial charge in [0.05, 0.1) is 19.0 Å². The van der Waals surface area contributed by atoms with Crippen LogP contribution < -0.4 is 20.9 Å². The van der Waals surface area contributed by atoms with Gasteiger partial charge in [0.2, 0.25) is 5.95 Å². The van der Waals surface area contributed by atoms with Crippen molar-refractivity contribution in [2.24, 2.45) is 0 Å². The first-order chi connectivity index (χ1) is 16.3. The van der Waals surface area contributed by atoms with Gasteiger partial charge in [0.15, 0.2) is 17.5 Å². The van der Waals surface area contributed by atoms with Gasteiger partial charge in [-0.2, -0.15) is 4.98 Å². The van der Waals surface area contributed by atoms with Gasteiger partial charge in [-0.05, 0) is 25.5 Å². The third-order valence-electron chi connectivity index (χ3n) is 4.84. The third-order valence-corrected chi connectivity index (χ3v) is 6.67.